The molecule has 2 amide bonds. The molecule has 2 aromatic rings. The van der Waals surface area contributed by atoms with E-state index in [0.29, 0.717) is 12.1 Å². The lowest BCUT2D eigenvalue weighted by molar-refractivity contribution is -0.128. The molecule has 0 radical (unpaired) electrons. The van der Waals surface area contributed by atoms with E-state index in [1.807, 2.05) is 6.92 Å². The van der Waals surface area contributed by atoms with E-state index in [-0.39, 0.29) is 30.8 Å². The van der Waals surface area contributed by atoms with Crippen molar-refractivity contribution in [1.29, 1.82) is 0 Å². The first kappa shape index (κ1) is 20.6. The van der Waals surface area contributed by atoms with Gasteiger partial charge < -0.3 is 16.4 Å². The minimum atomic E-state index is -0.964. The highest BCUT2D eigenvalue weighted by Gasteiger charge is 2.27. The van der Waals surface area contributed by atoms with Crippen LogP contribution in [0.3, 0.4) is 0 Å². The zero-order chi connectivity index (χ0) is 17.6. The molecular weight excluding hydrogens is 344 g/mol. The van der Waals surface area contributed by atoms with Crippen molar-refractivity contribution in [2.24, 2.45) is 5.73 Å². The number of hydrogen-bond acceptors (Lipinski definition) is 5. The Balaban J connectivity index is 0.00000312. The van der Waals surface area contributed by atoms with Crippen molar-refractivity contribution in [2.75, 3.05) is 11.9 Å². The van der Waals surface area contributed by atoms with Crippen molar-refractivity contribution in [2.45, 2.75) is 32.2 Å². The summed E-state index contributed by atoms with van der Waals surface area (Å²) in [6, 6.07) is 7.11. The number of hydrogen-bond donors (Lipinski definition) is 3. The average molecular weight is 367 g/mol. The number of anilines is 1. The highest BCUT2D eigenvalue weighted by molar-refractivity contribution is 5.96. The summed E-state index contributed by atoms with van der Waals surface area (Å²) in [4.78, 5) is 27.8. The lowest BCUT2D eigenvalue weighted by atomic mass is 9.96. The molecule has 1 atom stereocenters. The van der Waals surface area contributed by atoms with Gasteiger partial charge in [0, 0.05) is 5.69 Å². The van der Waals surface area contributed by atoms with Crippen LogP contribution in [0.25, 0.3) is 5.69 Å². The molecule has 136 valence electrons. The maximum absolute atomic E-state index is 12.0. The second-order valence-electron chi connectivity index (χ2n) is 5.79. The lowest BCUT2D eigenvalue weighted by Crippen LogP contribution is -2.52. The Morgan fingerprint density at radius 1 is 1.28 bits per heavy atom. The third-order valence-corrected chi connectivity index (χ3v) is 3.53. The first-order chi connectivity index (χ1) is 11.4. The molecule has 9 heteroatoms. The fourth-order valence-corrected chi connectivity index (χ4v) is 2.24. The Kier molecular flexibility index (Phi) is 7.53. The highest BCUT2D eigenvalue weighted by atomic mass is 35.5. The summed E-state index contributed by atoms with van der Waals surface area (Å²) in [5, 5.41) is 9.30. The van der Waals surface area contributed by atoms with Crippen LogP contribution in [0.5, 0.6) is 0 Å². The molecular formula is C16H23ClN6O2. The standard InChI is InChI=1S/C16H22N6O2.ClH/c1-3-8-16(2,17)15(24)19-9-14(23)21-12-4-6-13(7-5-12)22-11-18-10-20-22;/h4-7,10-11H,3,8-9,17H2,1-2H3,(H,19,24)(H,21,23);1H. The van der Waals surface area contributed by atoms with Gasteiger partial charge in [-0.15, -0.1) is 12.4 Å². The fourth-order valence-electron chi connectivity index (χ4n) is 2.24. The van der Waals surface area contributed by atoms with Crippen molar-refractivity contribution in [3.63, 3.8) is 0 Å². The molecule has 0 aliphatic rings. The molecule has 8 nitrogen and oxygen atoms in total. The third-order valence-electron chi connectivity index (χ3n) is 3.53. The van der Waals surface area contributed by atoms with Crippen LogP contribution in [0.2, 0.25) is 0 Å². The molecule has 0 saturated carbocycles. The van der Waals surface area contributed by atoms with Gasteiger partial charge >= 0.3 is 0 Å². The van der Waals surface area contributed by atoms with Gasteiger partial charge in [-0.3, -0.25) is 9.59 Å². The van der Waals surface area contributed by atoms with Crippen LogP contribution in [0.15, 0.2) is 36.9 Å². The van der Waals surface area contributed by atoms with Gasteiger partial charge in [-0.2, -0.15) is 5.10 Å². The normalized spacial score (nSPS) is 12.6. The van der Waals surface area contributed by atoms with E-state index in [0.717, 1.165) is 12.1 Å². The van der Waals surface area contributed by atoms with Crippen molar-refractivity contribution in [3.8, 4) is 5.69 Å². The first-order valence-electron chi connectivity index (χ1n) is 7.74. The summed E-state index contributed by atoms with van der Waals surface area (Å²) < 4.78 is 1.61. The van der Waals surface area contributed by atoms with Crippen LogP contribution in [-0.4, -0.2) is 38.7 Å². The molecule has 0 fully saturated rings. The summed E-state index contributed by atoms with van der Waals surface area (Å²) in [5.41, 5.74) is 6.41. The van der Waals surface area contributed by atoms with E-state index < -0.39 is 5.54 Å². The van der Waals surface area contributed by atoms with Gasteiger partial charge in [0.2, 0.25) is 11.8 Å². The van der Waals surface area contributed by atoms with E-state index in [4.69, 9.17) is 5.73 Å². The van der Waals surface area contributed by atoms with E-state index in [9.17, 15) is 9.59 Å². The molecule has 0 aliphatic heterocycles. The minimum Gasteiger partial charge on any atom is -0.345 e. The zero-order valence-electron chi connectivity index (χ0n) is 14.2. The van der Waals surface area contributed by atoms with E-state index >= 15 is 0 Å². The summed E-state index contributed by atoms with van der Waals surface area (Å²) in [6.45, 7) is 3.49. The summed E-state index contributed by atoms with van der Waals surface area (Å²) in [5.74, 6) is -0.648. The van der Waals surface area contributed by atoms with Crippen LogP contribution in [0.1, 0.15) is 26.7 Å². The van der Waals surface area contributed by atoms with Gasteiger partial charge in [0.15, 0.2) is 0 Å². The average Bonchev–Trinajstić information content (AvgIpc) is 3.07. The van der Waals surface area contributed by atoms with Gasteiger partial charge in [-0.25, -0.2) is 9.67 Å². The van der Waals surface area contributed by atoms with Crippen molar-refractivity contribution in [1.82, 2.24) is 20.1 Å². The fraction of sp³-hybridized carbons (Fsp3) is 0.375. The van der Waals surface area contributed by atoms with Crippen molar-refractivity contribution >= 4 is 29.9 Å². The number of carbonyl (C=O) groups is 2. The van der Waals surface area contributed by atoms with Crippen LogP contribution in [0, 0.1) is 0 Å². The van der Waals surface area contributed by atoms with E-state index in [1.165, 1.54) is 6.33 Å². The molecule has 1 aromatic carbocycles. The molecule has 25 heavy (non-hydrogen) atoms. The quantitative estimate of drug-likeness (QED) is 0.682. The van der Waals surface area contributed by atoms with Crippen LogP contribution in [0.4, 0.5) is 5.69 Å². The Morgan fingerprint density at radius 2 is 1.96 bits per heavy atom. The SMILES string of the molecule is CCCC(C)(N)C(=O)NCC(=O)Nc1ccc(-n2cncn2)cc1.Cl. The van der Waals surface area contributed by atoms with E-state index in [2.05, 4.69) is 20.7 Å². The number of nitrogens with one attached hydrogen (secondary N) is 2. The number of carbonyl (C=O) groups excluding carboxylic acids is 2. The summed E-state index contributed by atoms with van der Waals surface area (Å²) in [7, 11) is 0. The first-order valence-corrected chi connectivity index (χ1v) is 7.74. The van der Waals surface area contributed by atoms with Crippen LogP contribution >= 0.6 is 12.4 Å². The maximum atomic E-state index is 12.0. The Labute approximate surface area is 152 Å². The highest BCUT2D eigenvalue weighted by Crippen LogP contribution is 2.12. The number of nitrogens with zero attached hydrogens (tertiary/aromatic N) is 3. The minimum absolute atomic E-state index is 0. The van der Waals surface area contributed by atoms with Crippen LogP contribution in [-0.2, 0) is 9.59 Å². The Hall–Kier alpha value is -2.45. The maximum Gasteiger partial charge on any atom is 0.243 e. The van der Waals surface area contributed by atoms with Gasteiger partial charge in [0.25, 0.3) is 0 Å². The lowest BCUT2D eigenvalue weighted by Gasteiger charge is -2.22. The van der Waals surface area contributed by atoms with Crippen molar-refractivity contribution < 1.29 is 9.59 Å². The molecule has 1 aromatic heterocycles. The predicted molar refractivity (Wildman–Crippen MR) is 97.7 cm³/mol. The molecule has 0 bridgehead atoms. The smallest absolute Gasteiger partial charge is 0.243 e. The number of rotatable bonds is 7. The molecule has 4 N–H and O–H groups in total. The van der Waals surface area contributed by atoms with E-state index in [1.54, 1.807) is 42.2 Å². The number of amides is 2. The number of nitrogens with two attached hydrogens (primary N) is 1. The third kappa shape index (κ3) is 5.84. The Morgan fingerprint density at radius 3 is 2.52 bits per heavy atom. The monoisotopic (exact) mass is 366 g/mol. The van der Waals surface area contributed by atoms with Gasteiger partial charge in [-0.1, -0.05) is 13.3 Å². The van der Waals surface area contributed by atoms with Crippen LogP contribution < -0.4 is 16.4 Å². The molecule has 0 spiro atoms. The second kappa shape index (κ2) is 9.14. The van der Waals surface area contributed by atoms with Gasteiger partial charge in [-0.05, 0) is 37.6 Å². The molecule has 0 saturated heterocycles. The molecule has 2 rings (SSSR count). The predicted octanol–water partition coefficient (Wildman–Crippen LogP) is 1.26. The Bertz CT molecular complexity index is 685. The zero-order valence-corrected chi connectivity index (χ0v) is 15.0. The van der Waals surface area contributed by atoms with Gasteiger partial charge in [0.1, 0.15) is 12.7 Å². The number of benzene rings is 1. The second-order valence-corrected chi connectivity index (χ2v) is 5.79. The molecule has 1 heterocycles. The summed E-state index contributed by atoms with van der Waals surface area (Å²) >= 11 is 0. The number of aromatic nitrogens is 3. The molecule has 0 aliphatic carbocycles. The topological polar surface area (TPSA) is 115 Å². The summed E-state index contributed by atoms with van der Waals surface area (Å²) in [6.07, 6.45) is 4.39. The molecule has 1 unspecified atom stereocenters. The van der Waals surface area contributed by atoms with Gasteiger partial charge in [0.05, 0.1) is 17.8 Å². The largest absolute Gasteiger partial charge is 0.345 e. The number of halogens is 1. The van der Waals surface area contributed by atoms with Crippen molar-refractivity contribution in [3.05, 3.63) is 36.9 Å².